The van der Waals surface area contributed by atoms with E-state index in [1.54, 1.807) is 24.3 Å². The summed E-state index contributed by atoms with van der Waals surface area (Å²) >= 11 is 0. The van der Waals surface area contributed by atoms with Crippen molar-refractivity contribution in [3.63, 3.8) is 0 Å². The van der Waals surface area contributed by atoms with E-state index < -0.39 is 6.55 Å². The summed E-state index contributed by atoms with van der Waals surface area (Å²) in [6, 6.07) is 6.77. The number of likely N-dealkylation sites (tertiary alicyclic amines) is 1. The lowest BCUT2D eigenvalue weighted by Gasteiger charge is -2.36. The van der Waals surface area contributed by atoms with Gasteiger partial charge in [-0.2, -0.15) is 8.78 Å². The molecule has 0 spiro atoms. The van der Waals surface area contributed by atoms with Gasteiger partial charge in [-0.1, -0.05) is 12.1 Å². The molecule has 1 aromatic heterocycles. The Labute approximate surface area is 139 Å². The Kier molecular flexibility index (Phi) is 4.80. The number of rotatable bonds is 4. The van der Waals surface area contributed by atoms with Crippen LogP contribution < -0.4 is 5.32 Å². The Morgan fingerprint density at radius 3 is 2.83 bits per heavy atom. The van der Waals surface area contributed by atoms with Crippen LogP contribution in [0.2, 0.25) is 0 Å². The van der Waals surface area contributed by atoms with Crippen molar-refractivity contribution in [1.29, 1.82) is 0 Å². The van der Waals surface area contributed by atoms with Gasteiger partial charge >= 0.3 is 6.55 Å². The number of hydrogen-bond donors (Lipinski definition) is 1. The quantitative estimate of drug-likeness (QED) is 0.933. The average molecular weight is 336 g/mol. The minimum absolute atomic E-state index is 0.0584. The van der Waals surface area contributed by atoms with E-state index in [0.717, 1.165) is 24.0 Å². The number of carbonyl (C=O) groups is 1. The van der Waals surface area contributed by atoms with E-state index in [2.05, 4.69) is 15.2 Å². The molecule has 5 nitrogen and oxygen atoms in total. The second kappa shape index (κ2) is 6.84. The second-order valence-corrected chi connectivity index (χ2v) is 6.32. The smallest absolute Gasteiger partial charge is 0.320 e. The molecule has 1 saturated heterocycles. The zero-order valence-corrected chi connectivity index (χ0v) is 13.9. The molecule has 0 aliphatic carbocycles. The van der Waals surface area contributed by atoms with Crippen LogP contribution >= 0.6 is 0 Å². The molecule has 1 amide bonds. The molecule has 2 heterocycles. The van der Waals surface area contributed by atoms with Gasteiger partial charge in [0.05, 0.1) is 17.1 Å². The van der Waals surface area contributed by atoms with Crippen molar-refractivity contribution < 1.29 is 13.6 Å². The van der Waals surface area contributed by atoms with Crippen molar-refractivity contribution in [2.45, 2.75) is 45.3 Å². The van der Waals surface area contributed by atoms with Crippen molar-refractivity contribution in [1.82, 2.24) is 19.8 Å². The van der Waals surface area contributed by atoms with Gasteiger partial charge in [0.15, 0.2) is 0 Å². The third-order valence-corrected chi connectivity index (χ3v) is 4.60. The van der Waals surface area contributed by atoms with Crippen molar-refractivity contribution in [3.05, 3.63) is 30.1 Å². The Hall–Kier alpha value is -2.02. The number of carbonyl (C=O) groups excluding carboxylic acids is 1. The van der Waals surface area contributed by atoms with Gasteiger partial charge in [-0.05, 0) is 38.4 Å². The van der Waals surface area contributed by atoms with Crippen LogP contribution in [0.5, 0.6) is 0 Å². The summed E-state index contributed by atoms with van der Waals surface area (Å²) in [7, 11) is 0. The van der Waals surface area contributed by atoms with Gasteiger partial charge in [-0.15, -0.1) is 0 Å². The molecule has 2 atom stereocenters. The average Bonchev–Trinajstić information content (AvgIpc) is 2.93. The highest BCUT2D eigenvalue weighted by Crippen LogP contribution is 2.30. The van der Waals surface area contributed by atoms with Crippen LogP contribution in [-0.2, 0) is 4.79 Å². The normalized spacial score (nSPS) is 20.5. The van der Waals surface area contributed by atoms with E-state index in [1.165, 1.54) is 6.92 Å². The first-order valence-corrected chi connectivity index (χ1v) is 8.23. The number of aromatic nitrogens is 2. The Morgan fingerprint density at radius 2 is 2.12 bits per heavy atom. The third-order valence-electron chi connectivity index (χ3n) is 4.60. The minimum Gasteiger partial charge on any atom is -0.352 e. The van der Waals surface area contributed by atoms with Crippen molar-refractivity contribution in [2.24, 2.45) is 0 Å². The summed E-state index contributed by atoms with van der Waals surface area (Å²) < 4.78 is 28.2. The molecule has 7 heteroatoms. The predicted octanol–water partition coefficient (Wildman–Crippen LogP) is 3.09. The standard InChI is InChI=1S/C17H22F2N4O/c1-11(22-9-5-6-13(10-22)20-12(2)24)16-21-14-7-3-4-8-15(14)23(16)17(18)19/h3-4,7-8,11,13,17H,5-6,9-10H2,1-2H3,(H,20,24). The molecule has 0 bridgehead atoms. The molecular formula is C17H22F2N4O. The summed E-state index contributed by atoms with van der Waals surface area (Å²) in [6.45, 7) is 2.22. The fourth-order valence-electron chi connectivity index (χ4n) is 3.49. The van der Waals surface area contributed by atoms with Gasteiger partial charge in [-0.3, -0.25) is 14.3 Å². The lowest BCUT2D eigenvalue weighted by atomic mass is 10.0. The van der Waals surface area contributed by atoms with Gasteiger partial charge in [-0.25, -0.2) is 4.98 Å². The van der Waals surface area contributed by atoms with Crippen molar-refractivity contribution in [2.75, 3.05) is 13.1 Å². The largest absolute Gasteiger partial charge is 0.352 e. The van der Waals surface area contributed by atoms with Crippen LogP contribution in [0.15, 0.2) is 24.3 Å². The van der Waals surface area contributed by atoms with Gasteiger partial charge < -0.3 is 5.32 Å². The summed E-state index contributed by atoms with van der Waals surface area (Å²) in [5.41, 5.74) is 1.03. The zero-order chi connectivity index (χ0) is 17.3. The maximum Gasteiger partial charge on any atom is 0.320 e. The molecule has 1 N–H and O–H groups in total. The Balaban J connectivity index is 1.89. The zero-order valence-electron chi connectivity index (χ0n) is 13.9. The van der Waals surface area contributed by atoms with E-state index in [-0.39, 0.29) is 18.0 Å². The van der Waals surface area contributed by atoms with Crippen molar-refractivity contribution in [3.8, 4) is 0 Å². The molecule has 0 radical (unpaired) electrons. The third kappa shape index (κ3) is 3.26. The molecule has 1 aliphatic rings. The molecule has 130 valence electrons. The number of nitrogens with one attached hydrogen (secondary N) is 1. The first-order valence-electron chi connectivity index (χ1n) is 8.23. The second-order valence-electron chi connectivity index (χ2n) is 6.32. The summed E-state index contributed by atoms with van der Waals surface area (Å²) in [5, 5.41) is 2.93. The maximum absolute atomic E-state index is 13.6. The van der Waals surface area contributed by atoms with E-state index in [9.17, 15) is 13.6 Å². The summed E-state index contributed by atoms with van der Waals surface area (Å²) in [6.07, 6.45) is 1.83. The number of benzene rings is 1. The lowest BCUT2D eigenvalue weighted by molar-refractivity contribution is -0.120. The minimum atomic E-state index is -2.63. The molecule has 2 aromatic rings. The number of amides is 1. The number of piperidine rings is 1. The molecule has 1 fully saturated rings. The SMILES string of the molecule is CC(=O)NC1CCCN(C(C)c2nc3ccccc3n2C(F)F)C1. The number of imidazole rings is 1. The number of halogens is 2. The fourth-order valence-corrected chi connectivity index (χ4v) is 3.49. The number of fused-ring (bicyclic) bond motifs is 1. The molecular weight excluding hydrogens is 314 g/mol. The van der Waals surface area contributed by atoms with E-state index in [1.807, 2.05) is 6.92 Å². The van der Waals surface area contributed by atoms with E-state index in [4.69, 9.17) is 0 Å². The highest BCUT2D eigenvalue weighted by atomic mass is 19.3. The maximum atomic E-state index is 13.6. The Bertz CT molecular complexity index is 730. The van der Waals surface area contributed by atoms with E-state index >= 15 is 0 Å². The van der Waals surface area contributed by atoms with Gasteiger partial charge in [0.1, 0.15) is 5.82 Å². The number of hydrogen-bond acceptors (Lipinski definition) is 3. The molecule has 2 unspecified atom stereocenters. The highest BCUT2D eigenvalue weighted by molar-refractivity contribution is 5.76. The van der Waals surface area contributed by atoms with E-state index in [0.29, 0.717) is 23.4 Å². The lowest BCUT2D eigenvalue weighted by Crippen LogP contribution is -2.48. The van der Waals surface area contributed by atoms with Crippen molar-refractivity contribution >= 4 is 16.9 Å². The highest BCUT2D eigenvalue weighted by Gasteiger charge is 2.29. The number of alkyl halides is 2. The van der Waals surface area contributed by atoms with Gasteiger partial charge in [0, 0.05) is 19.5 Å². The number of para-hydroxylation sites is 2. The first kappa shape index (κ1) is 16.8. The van der Waals surface area contributed by atoms with Crippen LogP contribution in [0.4, 0.5) is 8.78 Å². The predicted molar refractivity (Wildman–Crippen MR) is 87.8 cm³/mol. The molecule has 24 heavy (non-hydrogen) atoms. The van der Waals surface area contributed by atoms with Gasteiger partial charge in [0.2, 0.25) is 5.91 Å². The summed E-state index contributed by atoms with van der Waals surface area (Å²) in [4.78, 5) is 17.8. The van der Waals surface area contributed by atoms with Crippen LogP contribution in [0, 0.1) is 0 Å². The first-order chi connectivity index (χ1) is 11.5. The molecule has 1 aliphatic heterocycles. The molecule has 1 aromatic carbocycles. The topological polar surface area (TPSA) is 50.2 Å². The summed E-state index contributed by atoms with van der Waals surface area (Å²) in [5.74, 6) is 0.309. The van der Waals surface area contributed by atoms with Crippen LogP contribution in [0.25, 0.3) is 11.0 Å². The van der Waals surface area contributed by atoms with Crippen LogP contribution in [0.3, 0.4) is 0 Å². The van der Waals surface area contributed by atoms with Gasteiger partial charge in [0.25, 0.3) is 0 Å². The molecule has 0 saturated carbocycles. The molecule has 3 rings (SSSR count). The Morgan fingerprint density at radius 1 is 1.38 bits per heavy atom. The van der Waals surface area contributed by atoms with Crippen LogP contribution in [0.1, 0.15) is 45.1 Å². The fraction of sp³-hybridized carbons (Fsp3) is 0.529. The van der Waals surface area contributed by atoms with Crippen LogP contribution in [-0.4, -0.2) is 39.5 Å². The monoisotopic (exact) mass is 336 g/mol. The number of nitrogens with zero attached hydrogens (tertiary/aromatic N) is 3.